The molecule has 1 aliphatic rings. The Morgan fingerprint density at radius 2 is 1.80 bits per heavy atom. The molecule has 4 nitrogen and oxygen atoms in total. The van der Waals surface area contributed by atoms with Crippen molar-refractivity contribution in [2.75, 3.05) is 26.2 Å². The maximum absolute atomic E-state index is 12.4. The first-order chi connectivity index (χ1) is 12.2. The number of benzene rings is 1. The van der Waals surface area contributed by atoms with E-state index in [1.54, 1.807) is 12.4 Å². The van der Waals surface area contributed by atoms with Gasteiger partial charge in [0.25, 0.3) is 0 Å². The summed E-state index contributed by atoms with van der Waals surface area (Å²) in [6.07, 6.45) is 5.32. The molecule has 0 N–H and O–H groups in total. The number of pyridine rings is 1. The highest BCUT2D eigenvalue weighted by molar-refractivity contribution is 5.76. The van der Waals surface area contributed by atoms with Crippen LogP contribution >= 0.6 is 0 Å². The first-order valence-corrected chi connectivity index (χ1v) is 9.16. The van der Waals surface area contributed by atoms with Crippen molar-refractivity contribution in [2.45, 2.75) is 32.2 Å². The van der Waals surface area contributed by atoms with E-state index in [1.165, 1.54) is 5.56 Å². The van der Waals surface area contributed by atoms with Crippen molar-refractivity contribution in [3.63, 3.8) is 0 Å². The Labute approximate surface area is 150 Å². The van der Waals surface area contributed by atoms with Crippen LogP contribution in [0.1, 0.15) is 36.8 Å². The number of aromatic nitrogens is 1. The van der Waals surface area contributed by atoms with Crippen molar-refractivity contribution < 1.29 is 4.79 Å². The van der Waals surface area contributed by atoms with E-state index in [1.807, 2.05) is 17.0 Å². The lowest BCUT2D eigenvalue weighted by molar-refractivity contribution is -0.130. The Morgan fingerprint density at radius 1 is 1.04 bits per heavy atom. The summed E-state index contributed by atoms with van der Waals surface area (Å²) in [5.41, 5.74) is 2.54. The van der Waals surface area contributed by atoms with Gasteiger partial charge in [0, 0.05) is 45.0 Å². The Hall–Kier alpha value is -2.20. The molecule has 1 atom stereocenters. The van der Waals surface area contributed by atoms with Gasteiger partial charge in [-0.15, -0.1) is 0 Å². The van der Waals surface area contributed by atoms with Crippen molar-refractivity contribution in [1.29, 1.82) is 0 Å². The average molecular weight is 337 g/mol. The highest BCUT2D eigenvalue weighted by Gasteiger charge is 2.21. The molecule has 2 heterocycles. The van der Waals surface area contributed by atoms with Crippen molar-refractivity contribution in [3.05, 3.63) is 66.0 Å². The lowest BCUT2D eigenvalue weighted by Gasteiger charge is -2.23. The monoisotopic (exact) mass is 337 g/mol. The van der Waals surface area contributed by atoms with Gasteiger partial charge in [-0.1, -0.05) is 37.3 Å². The molecule has 0 spiro atoms. The second kappa shape index (κ2) is 8.77. The van der Waals surface area contributed by atoms with Gasteiger partial charge in [0.1, 0.15) is 0 Å². The molecular formula is C21H27N3O. The van der Waals surface area contributed by atoms with Crippen molar-refractivity contribution >= 4 is 5.91 Å². The van der Waals surface area contributed by atoms with Crippen LogP contribution in [0.2, 0.25) is 0 Å². The van der Waals surface area contributed by atoms with E-state index < -0.39 is 0 Å². The highest BCUT2D eigenvalue weighted by Crippen LogP contribution is 2.19. The summed E-state index contributed by atoms with van der Waals surface area (Å²) in [6, 6.07) is 14.6. The van der Waals surface area contributed by atoms with E-state index in [4.69, 9.17) is 0 Å². The topological polar surface area (TPSA) is 36.4 Å². The lowest BCUT2D eigenvalue weighted by Crippen LogP contribution is -2.33. The normalized spacial score (nSPS) is 17.3. The number of hydrogen-bond donors (Lipinski definition) is 0. The first-order valence-electron chi connectivity index (χ1n) is 9.16. The minimum absolute atomic E-state index is 0.260. The molecule has 25 heavy (non-hydrogen) atoms. The SMILES string of the molecule is C[C@H](CCN1CCC(=O)N(Cc2ccncc2)CC1)c1ccccc1. The second-order valence-electron chi connectivity index (χ2n) is 6.86. The summed E-state index contributed by atoms with van der Waals surface area (Å²) in [4.78, 5) is 20.9. The van der Waals surface area contributed by atoms with Gasteiger partial charge in [-0.25, -0.2) is 0 Å². The van der Waals surface area contributed by atoms with Crippen molar-refractivity contribution in [3.8, 4) is 0 Å². The highest BCUT2D eigenvalue weighted by atomic mass is 16.2. The molecule has 3 rings (SSSR count). The van der Waals surface area contributed by atoms with Crippen LogP contribution in [0.3, 0.4) is 0 Å². The third kappa shape index (κ3) is 5.13. The molecule has 1 aromatic carbocycles. The van der Waals surface area contributed by atoms with Gasteiger partial charge in [0.05, 0.1) is 0 Å². The Balaban J connectivity index is 1.50. The molecule has 1 saturated heterocycles. The van der Waals surface area contributed by atoms with Crippen molar-refractivity contribution in [1.82, 2.24) is 14.8 Å². The Kier molecular flexibility index (Phi) is 6.18. The van der Waals surface area contributed by atoms with E-state index in [0.29, 0.717) is 18.9 Å². The second-order valence-corrected chi connectivity index (χ2v) is 6.86. The summed E-state index contributed by atoms with van der Waals surface area (Å²) in [6.45, 7) is 6.66. The van der Waals surface area contributed by atoms with Crippen molar-refractivity contribution in [2.24, 2.45) is 0 Å². The molecule has 0 aliphatic carbocycles. The van der Waals surface area contributed by atoms with Crippen LogP contribution in [0.4, 0.5) is 0 Å². The molecule has 0 radical (unpaired) electrons. The minimum atomic E-state index is 0.260. The zero-order valence-corrected chi connectivity index (χ0v) is 15.0. The molecular weight excluding hydrogens is 310 g/mol. The molecule has 4 heteroatoms. The fraction of sp³-hybridized carbons (Fsp3) is 0.429. The third-order valence-corrected chi connectivity index (χ3v) is 5.05. The molecule has 0 unspecified atom stereocenters. The molecule has 1 aliphatic heterocycles. The predicted octanol–water partition coefficient (Wildman–Crippen LogP) is 3.31. The summed E-state index contributed by atoms with van der Waals surface area (Å²) < 4.78 is 0. The van der Waals surface area contributed by atoms with Crippen LogP contribution in [-0.2, 0) is 11.3 Å². The average Bonchev–Trinajstić information content (AvgIpc) is 2.83. The zero-order valence-electron chi connectivity index (χ0n) is 15.0. The van der Waals surface area contributed by atoms with Crippen LogP contribution in [0, 0.1) is 0 Å². The summed E-state index contributed by atoms with van der Waals surface area (Å²) in [7, 11) is 0. The first kappa shape index (κ1) is 17.6. The summed E-state index contributed by atoms with van der Waals surface area (Å²) >= 11 is 0. The number of nitrogens with zero attached hydrogens (tertiary/aromatic N) is 3. The van der Waals surface area contributed by atoms with Gasteiger partial charge < -0.3 is 9.80 Å². The van der Waals surface area contributed by atoms with Gasteiger partial charge in [-0.3, -0.25) is 9.78 Å². The third-order valence-electron chi connectivity index (χ3n) is 5.05. The van der Waals surface area contributed by atoms with Gasteiger partial charge in [-0.2, -0.15) is 0 Å². The minimum Gasteiger partial charge on any atom is -0.337 e. The van der Waals surface area contributed by atoms with E-state index in [0.717, 1.165) is 38.2 Å². The molecule has 1 aromatic heterocycles. The van der Waals surface area contributed by atoms with Crippen LogP contribution in [0.5, 0.6) is 0 Å². The maximum atomic E-state index is 12.4. The molecule has 0 bridgehead atoms. The molecule has 132 valence electrons. The number of rotatable bonds is 6. The quantitative estimate of drug-likeness (QED) is 0.811. The number of carbonyl (C=O) groups excluding carboxylic acids is 1. The fourth-order valence-electron chi connectivity index (χ4n) is 3.33. The van der Waals surface area contributed by atoms with Gasteiger partial charge in [0.2, 0.25) is 5.91 Å². The summed E-state index contributed by atoms with van der Waals surface area (Å²) in [5, 5.41) is 0. The summed E-state index contributed by atoms with van der Waals surface area (Å²) in [5.74, 6) is 0.809. The molecule has 0 saturated carbocycles. The predicted molar refractivity (Wildman–Crippen MR) is 100 cm³/mol. The van der Waals surface area contributed by atoms with Gasteiger partial charge in [0.15, 0.2) is 0 Å². The van der Waals surface area contributed by atoms with Gasteiger partial charge >= 0.3 is 0 Å². The number of hydrogen-bond acceptors (Lipinski definition) is 3. The van der Waals surface area contributed by atoms with Crippen LogP contribution in [0.15, 0.2) is 54.9 Å². The zero-order chi connectivity index (χ0) is 17.5. The van der Waals surface area contributed by atoms with Crippen LogP contribution < -0.4 is 0 Å². The Bertz CT molecular complexity index is 659. The molecule has 1 amide bonds. The van der Waals surface area contributed by atoms with Gasteiger partial charge in [-0.05, 0) is 42.1 Å². The van der Waals surface area contributed by atoms with E-state index >= 15 is 0 Å². The van der Waals surface area contributed by atoms with E-state index in [2.05, 4.69) is 47.1 Å². The smallest absolute Gasteiger partial charge is 0.224 e. The van der Waals surface area contributed by atoms with Crippen LogP contribution in [-0.4, -0.2) is 46.9 Å². The number of amides is 1. The fourth-order valence-corrected chi connectivity index (χ4v) is 3.33. The molecule has 2 aromatic rings. The standard InChI is InChI=1S/C21H27N3O/c1-18(20-5-3-2-4-6-20)9-13-23-14-10-21(25)24(16-15-23)17-19-7-11-22-12-8-19/h2-8,11-12,18H,9-10,13-17H2,1H3/t18-/m1/s1. The van der Waals surface area contributed by atoms with E-state index in [-0.39, 0.29) is 5.91 Å². The van der Waals surface area contributed by atoms with Crippen LogP contribution in [0.25, 0.3) is 0 Å². The Morgan fingerprint density at radius 3 is 2.56 bits per heavy atom. The largest absolute Gasteiger partial charge is 0.337 e. The number of carbonyl (C=O) groups is 1. The lowest BCUT2D eigenvalue weighted by atomic mass is 9.98. The van der Waals surface area contributed by atoms with E-state index in [9.17, 15) is 4.79 Å². The maximum Gasteiger partial charge on any atom is 0.224 e. The molecule has 1 fully saturated rings.